The highest BCUT2D eigenvalue weighted by atomic mass is 16.2. The molecular weight excluding hydrogens is 406 g/mol. The van der Waals surface area contributed by atoms with Gasteiger partial charge in [-0.3, -0.25) is 9.69 Å². The minimum atomic E-state index is 0.325. The van der Waals surface area contributed by atoms with Crippen LogP contribution in [0.4, 0.5) is 0 Å². The molecule has 1 aliphatic heterocycles. The second-order valence-corrected chi connectivity index (χ2v) is 10.3. The first-order valence-electron chi connectivity index (χ1n) is 12.9. The molecule has 2 aromatic rings. The summed E-state index contributed by atoms with van der Waals surface area (Å²) in [6.45, 7) is 5.19. The van der Waals surface area contributed by atoms with Crippen LogP contribution in [0, 0.1) is 5.92 Å². The van der Waals surface area contributed by atoms with E-state index in [4.69, 9.17) is 0 Å². The maximum Gasteiger partial charge on any atom is 0.222 e. The number of rotatable bonds is 10. The molecule has 4 rings (SSSR count). The molecule has 0 radical (unpaired) electrons. The van der Waals surface area contributed by atoms with Crippen LogP contribution in [0.2, 0.25) is 0 Å². The first-order chi connectivity index (χ1) is 16.1. The minimum Gasteiger partial charge on any atom is -0.342 e. The predicted molar refractivity (Wildman–Crippen MR) is 136 cm³/mol. The Balaban J connectivity index is 1.27. The fourth-order valence-electron chi connectivity index (χ4n) is 5.56. The van der Waals surface area contributed by atoms with Crippen molar-refractivity contribution < 1.29 is 4.79 Å². The number of amides is 1. The van der Waals surface area contributed by atoms with E-state index in [-0.39, 0.29) is 0 Å². The summed E-state index contributed by atoms with van der Waals surface area (Å²) in [5.74, 6) is 0.955. The molecule has 33 heavy (non-hydrogen) atoms. The van der Waals surface area contributed by atoms with E-state index < -0.39 is 0 Å². The van der Waals surface area contributed by atoms with Crippen molar-refractivity contribution in [2.24, 2.45) is 5.92 Å². The third kappa shape index (κ3) is 6.91. The largest absolute Gasteiger partial charge is 0.342 e. The molecule has 4 nitrogen and oxygen atoms in total. The van der Waals surface area contributed by atoms with Gasteiger partial charge in [0.15, 0.2) is 0 Å². The van der Waals surface area contributed by atoms with Crippen LogP contribution in [-0.2, 0) is 24.1 Å². The molecule has 1 saturated heterocycles. The fourth-order valence-corrected chi connectivity index (χ4v) is 5.56. The predicted octanol–water partition coefficient (Wildman–Crippen LogP) is 4.28. The molecule has 0 aromatic heterocycles. The van der Waals surface area contributed by atoms with Gasteiger partial charge in [0.25, 0.3) is 0 Å². The molecule has 1 heterocycles. The first-order valence-corrected chi connectivity index (χ1v) is 12.9. The van der Waals surface area contributed by atoms with Gasteiger partial charge in [0.1, 0.15) is 0 Å². The second-order valence-electron chi connectivity index (χ2n) is 10.3. The minimum absolute atomic E-state index is 0.325. The Bertz CT molecular complexity index is 848. The van der Waals surface area contributed by atoms with Crippen LogP contribution in [-0.4, -0.2) is 73.5 Å². The number of benzene rings is 2. The average Bonchev–Trinajstić information content (AvgIpc) is 3.27. The first kappa shape index (κ1) is 24.0. The number of carbonyl (C=O) groups is 1. The maximum atomic E-state index is 13.2. The van der Waals surface area contributed by atoms with Crippen LogP contribution in [0.25, 0.3) is 0 Å². The van der Waals surface area contributed by atoms with Crippen molar-refractivity contribution in [1.29, 1.82) is 0 Å². The Morgan fingerprint density at radius 3 is 2.18 bits per heavy atom. The number of nitrogens with zero attached hydrogens (tertiary/aromatic N) is 3. The quantitative estimate of drug-likeness (QED) is 0.544. The monoisotopic (exact) mass is 447 g/mol. The van der Waals surface area contributed by atoms with Gasteiger partial charge < -0.3 is 9.80 Å². The van der Waals surface area contributed by atoms with E-state index in [0.29, 0.717) is 24.3 Å². The summed E-state index contributed by atoms with van der Waals surface area (Å²) >= 11 is 0. The molecule has 0 bridgehead atoms. The Kier molecular flexibility index (Phi) is 8.57. The maximum absolute atomic E-state index is 13.2. The van der Waals surface area contributed by atoms with E-state index in [1.54, 1.807) is 11.1 Å². The van der Waals surface area contributed by atoms with E-state index in [9.17, 15) is 4.79 Å². The third-order valence-corrected chi connectivity index (χ3v) is 7.53. The summed E-state index contributed by atoms with van der Waals surface area (Å²) in [7, 11) is 4.22. The van der Waals surface area contributed by atoms with Crippen LogP contribution >= 0.6 is 0 Å². The zero-order valence-corrected chi connectivity index (χ0v) is 20.6. The summed E-state index contributed by atoms with van der Waals surface area (Å²) in [5.41, 5.74) is 4.34. The fraction of sp³-hybridized carbons (Fsp3) is 0.552. The zero-order valence-electron chi connectivity index (χ0n) is 20.6. The molecule has 1 aliphatic carbocycles. The van der Waals surface area contributed by atoms with E-state index in [0.717, 1.165) is 32.5 Å². The summed E-state index contributed by atoms with van der Waals surface area (Å²) < 4.78 is 0. The Labute approximate surface area is 200 Å². The molecule has 0 saturated carbocycles. The topological polar surface area (TPSA) is 26.8 Å². The molecule has 0 unspecified atom stereocenters. The summed E-state index contributed by atoms with van der Waals surface area (Å²) in [5, 5.41) is 0. The van der Waals surface area contributed by atoms with E-state index in [1.807, 2.05) is 6.07 Å². The van der Waals surface area contributed by atoms with Gasteiger partial charge in [-0.25, -0.2) is 0 Å². The zero-order chi connectivity index (χ0) is 23.0. The lowest BCUT2D eigenvalue weighted by Gasteiger charge is -2.38. The molecule has 1 amide bonds. The number of fused-ring (bicyclic) bond motifs is 1. The lowest BCUT2D eigenvalue weighted by Crippen LogP contribution is -2.45. The Morgan fingerprint density at radius 2 is 1.55 bits per heavy atom. The van der Waals surface area contributed by atoms with Gasteiger partial charge in [0, 0.05) is 25.6 Å². The second kappa shape index (κ2) is 11.8. The molecule has 2 aliphatic rings. The van der Waals surface area contributed by atoms with Crippen molar-refractivity contribution in [3.8, 4) is 0 Å². The average molecular weight is 448 g/mol. The highest BCUT2D eigenvalue weighted by molar-refractivity contribution is 5.76. The van der Waals surface area contributed by atoms with Crippen LogP contribution in [0.1, 0.15) is 42.4 Å². The summed E-state index contributed by atoms with van der Waals surface area (Å²) in [6, 6.07) is 20.0. The number of likely N-dealkylation sites (tertiary alicyclic amines) is 1. The van der Waals surface area contributed by atoms with Crippen molar-refractivity contribution in [2.75, 3.05) is 46.8 Å². The van der Waals surface area contributed by atoms with Gasteiger partial charge in [-0.05, 0) is 94.9 Å². The SMILES string of the molecule is CN(C)CCCN(CC1CCN(C2Cc3ccccc3C2)CC1)C(=O)CCc1ccccc1. The van der Waals surface area contributed by atoms with Gasteiger partial charge in [-0.2, -0.15) is 0 Å². The number of aryl methyl sites for hydroxylation is 1. The van der Waals surface area contributed by atoms with Crippen LogP contribution in [0.15, 0.2) is 54.6 Å². The number of piperidine rings is 1. The number of carbonyl (C=O) groups excluding carboxylic acids is 1. The summed E-state index contributed by atoms with van der Waals surface area (Å²) in [6.07, 6.45) is 7.33. The highest BCUT2D eigenvalue weighted by Gasteiger charge is 2.30. The van der Waals surface area contributed by atoms with Gasteiger partial charge in [0.05, 0.1) is 0 Å². The van der Waals surface area contributed by atoms with Gasteiger partial charge in [0.2, 0.25) is 5.91 Å². The standard InChI is InChI=1S/C29H41N3O/c1-30(2)17-8-18-32(29(33)14-13-24-9-4-3-5-10-24)23-25-15-19-31(20-16-25)28-21-26-11-6-7-12-27(26)22-28/h3-7,9-12,25,28H,8,13-23H2,1-2H3. The third-order valence-electron chi connectivity index (χ3n) is 7.53. The van der Waals surface area contributed by atoms with Crippen molar-refractivity contribution in [2.45, 2.75) is 51.0 Å². The number of hydrogen-bond donors (Lipinski definition) is 0. The van der Waals surface area contributed by atoms with E-state index in [1.165, 1.54) is 44.3 Å². The molecule has 0 spiro atoms. The smallest absolute Gasteiger partial charge is 0.222 e. The van der Waals surface area contributed by atoms with Gasteiger partial charge in [-0.15, -0.1) is 0 Å². The van der Waals surface area contributed by atoms with Crippen molar-refractivity contribution >= 4 is 5.91 Å². The van der Waals surface area contributed by atoms with Crippen molar-refractivity contribution in [3.63, 3.8) is 0 Å². The lowest BCUT2D eigenvalue weighted by molar-refractivity contribution is -0.132. The Hall–Kier alpha value is -2.17. The van der Waals surface area contributed by atoms with Crippen molar-refractivity contribution in [1.82, 2.24) is 14.7 Å². The van der Waals surface area contributed by atoms with Crippen LogP contribution < -0.4 is 0 Å². The molecule has 0 N–H and O–H groups in total. The van der Waals surface area contributed by atoms with Crippen molar-refractivity contribution in [3.05, 3.63) is 71.3 Å². The van der Waals surface area contributed by atoms with E-state index in [2.05, 4.69) is 77.3 Å². The molecule has 178 valence electrons. The van der Waals surface area contributed by atoms with Gasteiger partial charge in [-0.1, -0.05) is 54.6 Å². The highest BCUT2D eigenvalue weighted by Crippen LogP contribution is 2.29. The van der Waals surface area contributed by atoms with E-state index >= 15 is 0 Å². The Morgan fingerprint density at radius 1 is 0.909 bits per heavy atom. The molecule has 4 heteroatoms. The molecule has 2 aromatic carbocycles. The normalized spacial score (nSPS) is 17.4. The van der Waals surface area contributed by atoms with Crippen LogP contribution in [0.5, 0.6) is 0 Å². The molecule has 0 atom stereocenters. The lowest BCUT2D eigenvalue weighted by atomic mass is 9.94. The molecule has 1 fully saturated rings. The van der Waals surface area contributed by atoms with Crippen LogP contribution in [0.3, 0.4) is 0 Å². The van der Waals surface area contributed by atoms with Gasteiger partial charge >= 0.3 is 0 Å². The number of hydrogen-bond acceptors (Lipinski definition) is 3. The summed E-state index contributed by atoms with van der Waals surface area (Å²) in [4.78, 5) is 20.3. The molecular formula is C29H41N3O.